The van der Waals surface area contributed by atoms with Gasteiger partial charge in [0.2, 0.25) is 5.88 Å². The topological polar surface area (TPSA) is 44.2 Å². The number of hydrogen-bond donors (Lipinski definition) is 0. The van der Waals surface area contributed by atoms with Gasteiger partial charge in [-0.1, -0.05) is 59.8 Å². The molecule has 1 heterocycles. The minimum Gasteiger partial charge on any atom is -0.477 e. The summed E-state index contributed by atoms with van der Waals surface area (Å²) in [7, 11) is 0. The first-order valence-electron chi connectivity index (χ1n) is 11.5. The van der Waals surface area contributed by atoms with Gasteiger partial charge in [0.05, 0.1) is 29.5 Å². The Morgan fingerprint density at radius 2 is 1.39 bits per heavy atom. The average molecular weight is 504 g/mol. The molecule has 0 radical (unpaired) electrons. The highest BCUT2D eigenvalue weighted by Crippen LogP contribution is 2.42. The zero-order valence-corrected chi connectivity index (χ0v) is 20.5. The lowest BCUT2D eigenvalue weighted by atomic mass is 9.86. The molecule has 0 amide bonds. The molecule has 0 spiro atoms. The van der Waals surface area contributed by atoms with Gasteiger partial charge < -0.3 is 9.47 Å². The average Bonchev–Trinajstić information content (AvgIpc) is 2.72. The van der Waals surface area contributed by atoms with Gasteiger partial charge >= 0.3 is 6.01 Å². The van der Waals surface area contributed by atoms with Crippen LogP contribution in [0.5, 0.6) is 11.9 Å². The van der Waals surface area contributed by atoms with Crippen molar-refractivity contribution in [2.24, 2.45) is 11.8 Å². The van der Waals surface area contributed by atoms with Crippen LogP contribution in [0.3, 0.4) is 0 Å². The molecule has 2 aliphatic carbocycles. The number of ether oxygens (including phenoxy) is 2. The third kappa shape index (κ3) is 5.24. The zero-order valence-electron chi connectivity index (χ0n) is 18.2. The predicted molar refractivity (Wildman–Crippen MR) is 134 cm³/mol. The Balaban J connectivity index is 1.61. The number of halogens is 3. The minimum absolute atomic E-state index is 0.309. The lowest BCUT2D eigenvalue weighted by Gasteiger charge is -2.26. The largest absolute Gasteiger partial charge is 0.477 e. The molecule has 33 heavy (non-hydrogen) atoms. The van der Waals surface area contributed by atoms with Crippen molar-refractivity contribution in [1.82, 2.24) is 9.97 Å². The summed E-state index contributed by atoms with van der Waals surface area (Å²) in [5.41, 5.74) is 3.07. The van der Waals surface area contributed by atoms with Crippen molar-refractivity contribution < 1.29 is 9.47 Å². The van der Waals surface area contributed by atoms with Crippen molar-refractivity contribution in [2.45, 2.75) is 38.5 Å². The number of aromatic nitrogens is 2. The molecule has 5 rings (SSSR count). The second-order valence-electron chi connectivity index (χ2n) is 8.88. The molecule has 2 aliphatic rings. The van der Waals surface area contributed by atoms with E-state index in [1.807, 2.05) is 30.3 Å². The highest BCUT2D eigenvalue weighted by atomic mass is 35.5. The van der Waals surface area contributed by atoms with Gasteiger partial charge in [0, 0.05) is 15.6 Å². The van der Waals surface area contributed by atoms with Gasteiger partial charge in [0.1, 0.15) is 0 Å². The van der Waals surface area contributed by atoms with Crippen molar-refractivity contribution in [2.75, 3.05) is 13.2 Å². The van der Waals surface area contributed by atoms with Gasteiger partial charge in [-0.05, 0) is 73.4 Å². The molecular weight excluding hydrogens is 479 g/mol. The second-order valence-corrected chi connectivity index (χ2v) is 10.2. The maximum atomic E-state index is 6.62. The van der Waals surface area contributed by atoms with Crippen LogP contribution >= 0.6 is 34.8 Å². The van der Waals surface area contributed by atoms with E-state index in [1.54, 1.807) is 12.1 Å². The van der Waals surface area contributed by atoms with Crippen molar-refractivity contribution >= 4 is 34.8 Å². The van der Waals surface area contributed by atoms with Crippen molar-refractivity contribution in [3.05, 3.63) is 57.5 Å². The summed E-state index contributed by atoms with van der Waals surface area (Å²) in [6.07, 6.45) is 7.24. The van der Waals surface area contributed by atoms with Crippen molar-refractivity contribution in [3.63, 3.8) is 0 Å². The quantitative estimate of drug-likeness (QED) is 0.311. The van der Waals surface area contributed by atoms with E-state index in [0.29, 0.717) is 57.7 Å². The van der Waals surface area contributed by atoms with Gasteiger partial charge in [-0.25, -0.2) is 0 Å². The van der Waals surface area contributed by atoms with E-state index in [-0.39, 0.29) is 0 Å². The zero-order chi connectivity index (χ0) is 22.8. The Kier molecular flexibility index (Phi) is 6.96. The van der Waals surface area contributed by atoms with E-state index in [2.05, 4.69) is 0 Å². The lowest BCUT2D eigenvalue weighted by molar-refractivity contribution is 0.160. The van der Waals surface area contributed by atoms with Crippen LogP contribution in [-0.4, -0.2) is 23.2 Å². The second kappa shape index (κ2) is 10.1. The Morgan fingerprint density at radius 1 is 0.758 bits per heavy atom. The summed E-state index contributed by atoms with van der Waals surface area (Å²) in [4.78, 5) is 9.52. The van der Waals surface area contributed by atoms with E-state index in [4.69, 9.17) is 54.2 Å². The molecule has 0 aliphatic heterocycles. The normalized spacial score (nSPS) is 16.2. The minimum atomic E-state index is 0.309. The Labute approximate surface area is 209 Å². The molecule has 3 aromatic rings. The molecule has 0 atom stereocenters. The van der Waals surface area contributed by atoms with E-state index in [9.17, 15) is 0 Å². The molecule has 0 bridgehead atoms. The number of nitrogens with zero attached hydrogens (tertiary/aromatic N) is 2. The molecule has 2 aromatic carbocycles. The van der Waals surface area contributed by atoms with Crippen molar-refractivity contribution in [3.8, 4) is 34.3 Å². The van der Waals surface area contributed by atoms with Crippen LogP contribution < -0.4 is 9.47 Å². The van der Waals surface area contributed by atoms with Crippen LogP contribution in [0.25, 0.3) is 22.4 Å². The van der Waals surface area contributed by atoms with Gasteiger partial charge in [0.25, 0.3) is 0 Å². The summed E-state index contributed by atoms with van der Waals surface area (Å²) in [6, 6.07) is 13.3. The third-order valence-corrected chi connectivity index (χ3v) is 7.33. The lowest BCUT2D eigenvalue weighted by Crippen LogP contribution is -2.21. The Morgan fingerprint density at radius 3 is 2.00 bits per heavy atom. The van der Waals surface area contributed by atoms with Crippen LogP contribution in [0.15, 0.2) is 42.5 Å². The van der Waals surface area contributed by atoms with E-state index in [0.717, 1.165) is 16.7 Å². The SMILES string of the molecule is Clc1ccc(-c2c(OCC3CCC3)nc(OCC3CCC3)nc2-c2ccc(Cl)cc2Cl)cc1. The number of rotatable bonds is 8. The number of benzene rings is 2. The van der Waals surface area contributed by atoms with Crippen molar-refractivity contribution in [1.29, 1.82) is 0 Å². The Bertz CT molecular complexity index is 1130. The fourth-order valence-corrected chi connectivity index (χ4v) is 4.67. The fourth-order valence-electron chi connectivity index (χ4n) is 4.05. The van der Waals surface area contributed by atoms with Crippen LogP contribution in [0.1, 0.15) is 38.5 Å². The van der Waals surface area contributed by atoms with E-state index in [1.165, 1.54) is 38.5 Å². The fraction of sp³-hybridized carbons (Fsp3) is 0.385. The van der Waals surface area contributed by atoms with Crippen LogP contribution in [0.2, 0.25) is 15.1 Å². The smallest absolute Gasteiger partial charge is 0.320 e. The summed E-state index contributed by atoms with van der Waals surface area (Å²) in [5.74, 6) is 1.62. The molecule has 0 unspecified atom stereocenters. The summed E-state index contributed by atoms with van der Waals surface area (Å²) >= 11 is 19.0. The third-order valence-electron chi connectivity index (χ3n) is 6.53. The van der Waals surface area contributed by atoms with Gasteiger partial charge in [-0.15, -0.1) is 0 Å². The van der Waals surface area contributed by atoms with Gasteiger partial charge in [0.15, 0.2) is 0 Å². The molecule has 7 heteroatoms. The summed E-state index contributed by atoms with van der Waals surface area (Å²) < 4.78 is 12.3. The molecule has 172 valence electrons. The highest BCUT2D eigenvalue weighted by Gasteiger charge is 2.25. The van der Waals surface area contributed by atoms with Crippen LogP contribution in [0, 0.1) is 11.8 Å². The molecule has 4 nitrogen and oxygen atoms in total. The first-order valence-corrected chi connectivity index (χ1v) is 12.6. The molecular formula is C26H25Cl3N2O2. The van der Waals surface area contributed by atoms with Crippen LogP contribution in [-0.2, 0) is 0 Å². The predicted octanol–water partition coefficient (Wildman–Crippen LogP) is 8.13. The Hall–Kier alpha value is -2.01. The van der Waals surface area contributed by atoms with E-state index < -0.39 is 0 Å². The van der Waals surface area contributed by atoms with E-state index >= 15 is 0 Å². The molecule has 0 N–H and O–H groups in total. The standard InChI is InChI=1S/C26H25Cl3N2O2/c27-19-9-7-18(8-10-19)23-24(21-12-11-20(28)13-22(21)29)30-26(33-15-17-5-2-6-17)31-25(23)32-14-16-3-1-4-16/h7-13,16-17H,1-6,14-15H2. The maximum absolute atomic E-state index is 6.62. The summed E-state index contributed by atoms with van der Waals surface area (Å²) in [5, 5.41) is 1.73. The summed E-state index contributed by atoms with van der Waals surface area (Å²) in [6.45, 7) is 1.23. The van der Waals surface area contributed by atoms with Crippen LogP contribution in [0.4, 0.5) is 0 Å². The first kappa shape index (κ1) is 22.8. The van der Waals surface area contributed by atoms with Gasteiger partial charge in [-0.2, -0.15) is 9.97 Å². The first-order chi connectivity index (χ1) is 16.1. The molecule has 2 fully saturated rings. The molecule has 1 aromatic heterocycles. The highest BCUT2D eigenvalue weighted by molar-refractivity contribution is 6.36. The van der Waals surface area contributed by atoms with Gasteiger partial charge in [-0.3, -0.25) is 0 Å². The maximum Gasteiger partial charge on any atom is 0.320 e. The monoisotopic (exact) mass is 502 g/mol. The molecule has 0 saturated heterocycles. The molecule has 2 saturated carbocycles. The number of hydrogen-bond acceptors (Lipinski definition) is 4.